The standard InChI is InChI=1S/C15H21NS/c1-2-3-4-8-11-14-12-17-15(16-14)13-9-6-5-7-10-13/h5-7,9-10,14H,2-4,8,11-12H2,1H3. The molecule has 1 aliphatic rings. The average molecular weight is 247 g/mol. The molecular weight excluding hydrogens is 226 g/mol. The lowest BCUT2D eigenvalue weighted by atomic mass is 10.1. The molecule has 0 saturated carbocycles. The monoisotopic (exact) mass is 247 g/mol. The van der Waals surface area contributed by atoms with E-state index < -0.39 is 0 Å². The van der Waals surface area contributed by atoms with Crippen LogP contribution in [0.4, 0.5) is 0 Å². The van der Waals surface area contributed by atoms with Crippen molar-refractivity contribution in [2.75, 3.05) is 5.75 Å². The highest BCUT2D eigenvalue weighted by Gasteiger charge is 2.18. The number of benzene rings is 1. The maximum absolute atomic E-state index is 4.84. The molecule has 0 amide bonds. The van der Waals surface area contributed by atoms with Crippen LogP contribution in [-0.4, -0.2) is 16.8 Å². The summed E-state index contributed by atoms with van der Waals surface area (Å²) in [5.41, 5.74) is 1.29. The summed E-state index contributed by atoms with van der Waals surface area (Å²) >= 11 is 1.92. The summed E-state index contributed by atoms with van der Waals surface area (Å²) in [5, 5.41) is 1.24. The molecule has 2 rings (SSSR count). The van der Waals surface area contributed by atoms with Crippen LogP contribution in [-0.2, 0) is 0 Å². The van der Waals surface area contributed by atoms with Crippen LogP contribution >= 0.6 is 11.8 Å². The van der Waals surface area contributed by atoms with Gasteiger partial charge in [-0.2, -0.15) is 0 Å². The Morgan fingerprint density at radius 3 is 2.76 bits per heavy atom. The Kier molecular flexibility index (Phi) is 5.11. The third-order valence-corrected chi connectivity index (χ3v) is 4.29. The van der Waals surface area contributed by atoms with E-state index in [4.69, 9.17) is 4.99 Å². The Morgan fingerprint density at radius 2 is 2.00 bits per heavy atom. The lowest BCUT2D eigenvalue weighted by Crippen LogP contribution is -2.02. The quantitative estimate of drug-likeness (QED) is 0.673. The average Bonchev–Trinajstić information content (AvgIpc) is 2.85. The third kappa shape index (κ3) is 3.88. The van der Waals surface area contributed by atoms with Crippen molar-refractivity contribution < 1.29 is 0 Å². The number of rotatable bonds is 6. The summed E-state index contributed by atoms with van der Waals surface area (Å²) in [6.07, 6.45) is 6.66. The van der Waals surface area contributed by atoms with Gasteiger partial charge >= 0.3 is 0 Å². The second kappa shape index (κ2) is 6.85. The molecule has 0 N–H and O–H groups in total. The summed E-state index contributed by atoms with van der Waals surface area (Å²) in [5.74, 6) is 1.18. The van der Waals surface area contributed by atoms with Gasteiger partial charge in [0.05, 0.1) is 11.1 Å². The van der Waals surface area contributed by atoms with Crippen molar-refractivity contribution in [2.45, 2.75) is 45.1 Å². The van der Waals surface area contributed by atoms with E-state index in [1.54, 1.807) is 0 Å². The molecule has 1 aromatic rings. The second-order valence-corrected chi connectivity index (χ2v) is 5.62. The lowest BCUT2D eigenvalue weighted by Gasteiger charge is -2.04. The molecule has 92 valence electrons. The fourth-order valence-electron chi connectivity index (χ4n) is 2.11. The van der Waals surface area contributed by atoms with Crippen molar-refractivity contribution in [1.82, 2.24) is 0 Å². The van der Waals surface area contributed by atoms with Gasteiger partial charge in [0.2, 0.25) is 0 Å². The largest absolute Gasteiger partial charge is 0.274 e. The van der Waals surface area contributed by atoms with Crippen LogP contribution in [0.1, 0.15) is 44.6 Å². The first-order valence-corrected chi connectivity index (χ1v) is 7.64. The Hall–Kier alpha value is -0.760. The Balaban J connectivity index is 1.82. The van der Waals surface area contributed by atoms with Gasteiger partial charge in [0.25, 0.3) is 0 Å². The maximum Gasteiger partial charge on any atom is 0.0981 e. The van der Waals surface area contributed by atoms with E-state index in [1.807, 2.05) is 11.8 Å². The molecule has 2 heteroatoms. The first-order valence-electron chi connectivity index (χ1n) is 6.66. The Morgan fingerprint density at radius 1 is 1.18 bits per heavy atom. The predicted molar refractivity (Wildman–Crippen MR) is 78.0 cm³/mol. The van der Waals surface area contributed by atoms with E-state index in [0.717, 1.165) is 0 Å². The molecule has 0 fully saturated rings. The molecule has 0 bridgehead atoms. The summed E-state index contributed by atoms with van der Waals surface area (Å²) in [7, 11) is 0. The first-order chi connectivity index (χ1) is 8.40. The highest BCUT2D eigenvalue weighted by atomic mass is 32.2. The number of thioether (sulfide) groups is 1. The van der Waals surface area contributed by atoms with Gasteiger partial charge in [-0.05, 0) is 6.42 Å². The zero-order valence-electron chi connectivity index (χ0n) is 10.6. The summed E-state index contributed by atoms with van der Waals surface area (Å²) in [6.45, 7) is 2.26. The molecule has 0 aliphatic carbocycles. The number of hydrogen-bond donors (Lipinski definition) is 0. The molecular formula is C15H21NS. The van der Waals surface area contributed by atoms with Crippen LogP contribution in [0.2, 0.25) is 0 Å². The van der Waals surface area contributed by atoms with Gasteiger partial charge in [-0.15, -0.1) is 11.8 Å². The highest BCUT2D eigenvalue weighted by molar-refractivity contribution is 8.14. The van der Waals surface area contributed by atoms with Crippen molar-refractivity contribution in [2.24, 2.45) is 4.99 Å². The van der Waals surface area contributed by atoms with E-state index in [-0.39, 0.29) is 0 Å². The van der Waals surface area contributed by atoms with Gasteiger partial charge < -0.3 is 0 Å². The first kappa shape index (κ1) is 12.7. The molecule has 1 aromatic carbocycles. The fraction of sp³-hybridized carbons (Fsp3) is 0.533. The van der Waals surface area contributed by atoms with E-state index in [2.05, 4.69) is 37.3 Å². The minimum atomic E-state index is 0.562. The Bertz CT molecular complexity index is 358. The molecule has 1 nitrogen and oxygen atoms in total. The predicted octanol–water partition coefficient (Wildman–Crippen LogP) is 4.52. The molecule has 0 saturated heterocycles. The van der Waals surface area contributed by atoms with Crippen molar-refractivity contribution >= 4 is 16.8 Å². The second-order valence-electron chi connectivity index (χ2n) is 4.61. The van der Waals surface area contributed by atoms with E-state index in [9.17, 15) is 0 Å². The van der Waals surface area contributed by atoms with Gasteiger partial charge in [0.1, 0.15) is 0 Å². The van der Waals surface area contributed by atoms with Crippen molar-refractivity contribution in [3.05, 3.63) is 35.9 Å². The SMILES string of the molecule is CCCCCCC1CSC(c2ccccc2)=N1. The molecule has 0 radical (unpaired) electrons. The highest BCUT2D eigenvalue weighted by Crippen LogP contribution is 2.26. The molecule has 0 aromatic heterocycles. The number of unbranched alkanes of at least 4 members (excludes halogenated alkanes) is 3. The van der Waals surface area contributed by atoms with Crippen molar-refractivity contribution in [3.8, 4) is 0 Å². The molecule has 1 heterocycles. The Labute approximate surface area is 109 Å². The summed E-state index contributed by atoms with van der Waals surface area (Å²) in [6, 6.07) is 11.1. The molecule has 1 atom stereocenters. The summed E-state index contributed by atoms with van der Waals surface area (Å²) in [4.78, 5) is 4.84. The van der Waals surface area contributed by atoms with Crippen LogP contribution in [0.15, 0.2) is 35.3 Å². The topological polar surface area (TPSA) is 12.4 Å². The summed E-state index contributed by atoms with van der Waals surface area (Å²) < 4.78 is 0. The third-order valence-electron chi connectivity index (χ3n) is 3.12. The zero-order valence-corrected chi connectivity index (χ0v) is 11.4. The van der Waals surface area contributed by atoms with Gasteiger partial charge in [-0.25, -0.2) is 0 Å². The molecule has 0 spiro atoms. The molecule has 1 unspecified atom stereocenters. The minimum Gasteiger partial charge on any atom is -0.274 e. The number of nitrogens with zero attached hydrogens (tertiary/aromatic N) is 1. The lowest BCUT2D eigenvalue weighted by molar-refractivity contribution is 0.584. The van der Waals surface area contributed by atoms with Gasteiger partial charge in [-0.3, -0.25) is 4.99 Å². The van der Waals surface area contributed by atoms with E-state index >= 15 is 0 Å². The number of aliphatic imine (C=N–C) groups is 1. The van der Waals surface area contributed by atoms with Crippen molar-refractivity contribution in [1.29, 1.82) is 0 Å². The van der Waals surface area contributed by atoms with Crippen molar-refractivity contribution in [3.63, 3.8) is 0 Å². The normalized spacial score (nSPS) is 19.4. The minimum absolute atomic E-state index is 0.562. The smallest absolute Gasteiger partial charge is 0.0981 e. The van der Waals surface area contributed by atoms with Crippen LogP contribution in [0.25, 0.3) is 0 Å². The van der Waals surface area contributed by atoms with Gasteiger partial charge in [0.15, 0.2) is 0 Å². The van der Waals surface area contributed by atoms with Crippen LogP contribution in [0, 0.1) is 0 Å². The molecule has 1 aliphatic heterocycles. The van der Waals surface area contributed by atoms with Crippen LogP contribution in [0.5, 0.6) is 0 Å². The fourth-order valence-corrected chi connectivity index (χ4v) is 3.23. The van der Waals surface area contributed by atoms with Gasteiger partial charge in [-0.1, -0.05) is 62.9 Å². The maximum atomic E-state index is 4.84. The zero-order chi connectivity index (χ0) is 11.9. The van der Waals surface area contributed by atoms with Gasteiger partial charge in [0, 0.05) is 11.3 Å². The van der Waals surface area contributed by atoms with E-state index in [1.165, 1.54) is 48.5 Å². The van der Waals surface area contributed by atoms with Crippen LogP contribution < -0.4 is 0 Å². The van der Waals surface area contributed by atoms with Crippen LogP contribution in [0.3, 0.4) is 0 Å². The van der Waals surface area contributed by atoms with E-state index in [0.29, 0.717) is 6.04 Å². The molecule has 17 heavy (non-hydrogen) atoms. The number of hydrogen-bond acceptors (Lipinski definition) is 2.